The van der Waals surface area contributed by atoms with Crippen LogP contribution in [0.1, 0.15) is 11.3 Å². The summed E-state index contributed by atoms with van der Waals surface area (Å²) in [5.41, 5.74) is -0.771. The fraction of sp³-hybridized carbons (Fsp3) is 0.167. The summed E-state index contributed by atoms with van der Waals surface area (Å²) in [5, 5.41) is 0. The predicted molar refractivity (Wildman–Crippen MR) is 91.8 cm³/mol. The highest BCUT2D eigenvalue weighted by atomic mass is 32.2. The van der Waals surface area contributed by atoms with E-state index in [4.69, 9.17) is 0 Å². The molecule has 2 aromatic carbocycles. The molecule has 0 amide bonds. The van der Waals surface area contributed by atoms with E-state index < -0.39 is 27.5 Å². The lowest BCUT2D eigenvalue weighted by Gasteiger charge is -2.10. The Kier molecular flexibility index (Phi) is 4.59. The molecule has 1 aromatic heterocycles. The molecule has 0 radical (unpaired) electrons. The van der Waals surface area contributed by atoms with Crippen molar-refractivity contribution >= 4 is 9.84 Å². The van der Waals surface area contributed by atoms with Crippen molar-refractivity contribution in [2.24, 2.45) is 0 Å². The molecule has 0 atom stereocenters. The minimum absolute atomic E-state index is 0.0192. The van der Waals surface area contributed by atoms with E-state index >= 15 is 0 Å². The number of hydrogen-bond donors (Lipinski definition) is 0. The second-order valence-corrected chi connectivity index (χ2v) is 8.04. The maximum absolute atomic E-state index is 14.5. The zero-order valence-electron chi connectivity index (χ0n) is 14.2. The summed E-state index contributed by atoms with van der Waals surface area (Å²) in [5.74, 6) is -0.901. The molecule has 0 unspecified atom stereocenters. The predicted octanol–water partition coefficient (Wildman–Crippen LogP) is 4.41. The van der Waals surface area contributed by atoms with Crippen LogP contribution in [0.4, 0.5) is 17.6 Å². The lowest BCUT2D eigenvalue weighted by molar-refractivity contribution is -0.140. The standard InChI is InChI=1S/C18H14F4N2O2S/c1-11-4-3-5-14(16(11)19)17-23-15(18(20,21)22)10-24(17)12-6-8-13(9-7-12)27(2,25)26/h3-10H,1-2H3. The van der Waals surface area contributed by atoms with Crippen molar-refractivity contribution in [2.45, 2.75) is 18.0 Å². The number of nitrogens with zero attached hydrogens (tertiary/aromatic N) is 2. The van der Waals surface area contributed by atoms with Gasteiger partial charge in [-0.05, 0) is 42.8 Å². The van der Waals surface area contributed by atoms with E-state index in [0.717, 1.165) is 17.0 Å². The molecule has 27 heavy (non-hydrogen) atoms. The van der Waals surface area contributed by atoms with Gasteiger partial charge < -0.3 is 0 Å². The van der Waals surface area contributed by atoms with Crippen molar-refractivity contribution < 1.29 is 26.0 Å². The highest BCUT2D eigenvalue weighted by molar-refractivity contribution is 7.90. The zero-order valence-corrected chi connectivity index (χ0v) is 15.1. The summed E-state index contributed by atoms with van der Waals surface area (Å²) in [6, 6.07) is 9.59. The van der Waals surface area contributed by atoms with Gasteiger partial charge in [0.15, 0.2) is 15.5 Å². The fourth-order valence-corrected chi connectivity index (χ4v) is 3.21. The Hall–Kier alpha value is -2.68. The summed E-state index contributed by atoms with van der Waals surface area (Å²) in [6.07, 6.45) is -2.94. The average Bonchev–Trinajstić information content (AvgIpc) is 3.02. The number of imidazole rings is 1. The second-order valence-electron chi connectivity index (χ2n) is 6.02. The van der Waals surface area contributed by atoms with Crippen molar-refractivity contribution in [1.82, 2.24) is 9.55 Å². The van der Waals surface area contributed by atoms with Crippen LogP contribution in [0.5, 0.6) is 0 Å². The van der Waals surface area contributed by atoms with E-state index in [1.54, 1.807) is 0 Å². The molecule has 0 bridgehead atoms. The van der Waals surface area contributed by atoms with E-state index in [2.05, 4.69) is 4.98 Å². The Morgan fingerprint density at radius 3 is 2.22 bits per heavy atom. The Bertz CT molecular complexity index is 1100. The van der Waals surface area contributed by atoms with Crippen LogP contribution in [0.25, 0.3) is 17.1 Å². The molecule has 9 heteroatoms. The third-order valence-corrected chi connectivity index (χ3v) is 5.10. The van der Waals surface area contributed by atoms with E-state index in [9.17, 15) is 26.0 Å². The van der Waals surface area contributed by atoms with Crippen LogP contribution in [0.2, 0.25) is 0 Å². The van der Waals surface area contributed by atoms with Crippen molar-refractivity contribution in [3.8, 4) is 17.1 Å². The number of hydrogen-bond acceptors (Lipinski definition) is 3. The van der Waals surface area contributed by atoms with Gasteiger partial charge in [-0.3, -0.25) is 4.57 Å². The number of rotatable bonds is 3. The van der Waals surface area contributed by atoms with Gasteiger partial charge in [-0.2, -0.15) is 13.2 Å². The third kappa shape index (κ3) is 3.73. The quantitative estimate of drug-likeness (QED) is 0.614. The van der Waals surface area contributed by atoms with Gasteiger partial charge in [-0.1, -0.05) is 12.1 Å². The van der Waals surface area contributed by atoms with Gasteiger partial charge in [0.05, 0.1) is 10.5 Å². The van der Waals surface area contributed by atoms with Crippen molar-refractivity contribution in [1.29, 1.82) is 0 Å². The molecule has 142 valence electrons. The molecule has 1 heterocycles. The molecule has 0 spiro atoms. The Balaban J connectivity index is 2.23. The maximum Gasteiger partial charge on any atom is 0.434 e. The minimum Gasteiger partial charge on any atom is -0.299 e. The van der Waals surface area contributed by atoms with Crippen LogP contribution in [0.3, 0.4) is 0 Å². The molecular formula is C18H14F4N2O2S. The monoisotopic (exact) mass is 398 g/mol. The summed E-state index contributed by atoms with van der Waals surface area (Å²) in [4.78, 5) is 3.60. The first-order chi connectivity index (χ1) is 12.5. The SMILES string of the molecule is Cc1cccc(-c2nc(C(F)(F)F)cn2-c2ccc(S(C)(=O)=O)cc2)c1F. The molecule has 0 saturated carbocycles. The lowest BCUT2D eigenvalue weighted by Crippen LogP contribution is -2.05. The van der Waals surface area contributed by atoms with Crippen LogP contribution < -0.4 is 0 Å². The van der Waals surface area contributed by atoms with Crippen LogP contribution in [-0.2, 0) is 16.0 Å². The van der Waals surface area contributed by atoms with Gasteiger partial charge in [0.25, 0.3) is 0 Å². The summed E-state index contributed by atoms with van der Waals surface area (Å²) < 4.78 is 78.2. The molecule has 4 nitrogen and oxygen atoms in total. The molecule has 0 fully saturated rings. The molecule has 0 aliphatic rings. The van der Waals surface area contributed by atoms with Gasteiger partial charge in [-0.15, -0.1) is 0 Å². The smallest absolute Gasteiger partial charge is 0.299 e. The first-order valence-corrected chi connectivity index (χ1v) is 9.60. The van der Waals surface area contributed by atoms with Gasteiger partial charge >= 0.3 is 6.18 Å². The van der Waals surface area contributed by atoms with Crippen LogP contribution in [0.15, 0.2) is 53.6 Å². The van der Waals surface area contributed by atoms with E-state index in [0.29, 0.717) is 0 Å². The van der Waals surface area contributed by atoms with Crippen molar-refractivity contribution in [3.05, 3.63) is 65.7 Å². The second kappa shape index (κ2) is 6.49. The van der Waals surface area contributed by atoms with Crippen LogP contribution in [-0.4, -0.2) is 24.2 Å². The highest BCUT2D eigenvalue weighted by Crippen LogP contribution is 2.34. The Morgan fingerprint density at radius 2 is 1.67 bits per heavy atom. The molecule has 0 aliphatic heterocycles. The third-order valence-electron chi connectivity index (χ3n) is 3.97. The number of aromatic nitrogens is 2. The maximum atomic E-state index is 14.5. The van der Waals surface area contributed by atoms with E-state index in [1.165, 1.54) is 49.4 Å². The summed E-state index contributed by atoms with van der Waals surface area (Å²) >= 11 is 0. The van der Waals surface area contributed by atoms with E-state index in [1.807, 2.05) is 0 Å². The Labute approximate surface area is 153 Å². The average molecular weight is 398 g/mol. The number of benzene rings is 2. The van der Waals surface area contributed by atoms with Gasteiger partial charge in [0, 0.05) is 18.1 Å². The van der Waals surface area contributed by atoms with Crippen LogP contribution in [0, 0.1) is 12.7 Å². The highest BCUT2D eigenvalue weighted by Gasteiger charge is 2.35. The van der Waals surface area contributed by atoms with Gasteiger partial charge in [0.2, 0.25) is 0 Å². The molecular weight excluding hydrogens is 384 g/mol. The summed E-state index contributed by atoms with van der Waals surface area (Å²) in [7, 11) is -3.46. The topological polar surface area (TPSA) is 52.0 Å². The number of alkyl halides is 3. The normalized spacial score (nSPS) is 12.4. The molecule has 0 N–H and O–H groups in total. The molecule has 0 aliphatic carbocycles. The fourth-order valence-electron chi connectivity index (χ4n) is 2.58. The Morgan fingerprint density at radius 1 is 1.04 bits per heavy atom. The number of aryl methyl sites for hydroxylation is 1. The lowest BCUT2D eigenvalue weighted by atomic mass is 10.1. The molecule has 3 aromatic rings. The van der Waals surface area contributed by atoms with Gasteiger partial charge in [0.1, 0.15) is 11.6 Å². The molecule has 0 saturated heterocycles. The van der Waals surface area contributed by atoms with Crippen molar-refractivity contribution in [2.75, 3.05) is 6.26 Å². The first-order valence-electron chi connectivity index (χ1n) is 7.71. The number of halogens is 4. The summed E-state index contributed by atoms with van der Waals surface area (Å²) in [6.45, 7) is 1.50. The van der Waals surface area contributed by atoms with Gasteiger partial charge in [-0.25, -0.2) is 17.8 Å². The van der Waals surface area contributed by atoms with Crippen LogP contribution >= 0.6 is 0 Å². The minimum atomic E-state index is -4.72. The molecule has 3 rings (SSSR count). The first kappa shape index (κ1) is 19.1. The number of sulfone groups is 1. The van der Waals surface area contributed by atoms with E-state index in [-0.39, 0.29) is 27.5 Å². The zero-order chi connectivity index (χ0) is 20.0. The largest absolute Gasteiger partial charge is 0.434 e. The van der Waals surface area contributed by atoms with Crippen molar-refractivity contribution in [3.63, 3.8) is 0 Å².